The first-order valence-electron chi connectivity index (χ1n) is 13.6. The molecule has 0 aliphatic rings. The highest BCUT2D eigenvalue weighted by atomic mass is 16.3. The summed E-state index contributed by atoms with van der Waals surface area (Å²) in [7, 11) is 0. The van der Waals surface area contributed by atoms with Crippen molar-refractivity contribution in [3.63, 3.8) is 0 Å². The highest BCUT2D eigenvalue weighted by Gasteiger charge is 2.13. The van der Waals surface area contributed by atoms with Gasteiger partial charge in [0, 0.05) is 22.6 Å². The number of hydrogen-bond donors (Lipinski definition) is 0. The predicted octanol–water partition coefficient (Wildman–Crippen LogP) is 8.70. The second-order valence-corrected chi connectivity index (χ2v) is 9.94. The number of rotatable bonds is 10. The van der Waals surface area contributed by atoms with Gasteiger partial charge in [0.05, 0.1) is 17.1 Å². The second kappa shape index (κ2) is 10.7. The van der Waals surface area contributed by atoms with Crippen molar-refractivity contribution in [1.29, 1.82) is 0 Å². The standard InChI is InChI=1S/C32H32N4O2/c1-3-4-5-6-7-8-11-27-22(2)34-36(35-27)26-19-18-25-20-30(37-31(25)21-26)23-14-16-24(17-15-23)32-33-28-12-9-10-13-29(28)38-32/h9-10,12-21H,3-8,11H2,1-2H3. The summed E-state index contributed by atoms with van der Waals surface area (Å²) < 4.78 is 12.2. The molecule has 0 aliphatic carbocycles. The quantitative estimate of drug-likeness (QED) is 0.175. The summed E-state index contributed by atoms with van der Waals surface area (Å²) >= 11 is 0. The number of unbranched alkanes of at least 4 members (excludes halogenated alkanes) is 5. The van der Waals surface area contributed by atoms with Gasteiger partial charge in [0.15, 0.2) is 5.58 Å². The fourth-order valence-electron chi connectivity index (χ4n) is 4.89. The molecule has 38 heavy (non-hydrogen) atoms. The molecule has 0 unspecified atom stereocenters. The summed E-state index contributed by atoms with van der Waals surface area (Å²) in [6, 6.07) is 24.1. The molecular formula is C32H32N4O2. The van der Waals surface area contributed by atoms with Crippen LogP contribution in [0.3, 0.4) is 0 Å². The largest absolute Gasteiger partial charge is 0.456 e. The van der Waals surface area contributed by atoms with E-state index in [1.54, 1.807) is 4.80 Å². The van der Waals surface area contributed by atoms with Crippen molar-refractivity contribution in [3.8, 4) is 28.5 Å². The Hall–Kier alpha value is -4.19. The lowest BCUT2D eigenvalue weighted by molar-refractivity contribution is 0.602. The summed E-state index contributed by atoms with van der Waals surface area (Å²) in [5, 5.41) is 10.5. The zero-order chi connectivity index (χ0) is 25.9. The van der Waals surface area contributed by atoms with Crippen LogP contribution in [0.25, 0.3) is 50.5 Å². The van der Waals surface area contributed by atoms with Crippen molar-refractivity contribution in [3.05, 3.63) is 84.2 Å². The third-order valence-corrected chi connectivity index (χ3v) is 7.09. The van der Waals surface area contributed by atoms with Gasteiger partial charge in [0.1, 0.15) is 16.9 Å². The Kier molecular flexibility index (Phi) is 6.78. The molecule has 192 valence electrons. The van der Waals surface area contributed by atoms with E-state index in [2.05, 4.69) is 29.1 Å². The first kappa shape index (κ1) is 24.2. The van der Waals surface area contributed by atoms with Gasteiger partial charge >= 0.3 is 0 Å². The van der Waals surface area contributed by atoms with Crippen LogP contribution in [0.5, 0.6) is 0 Å². The van der Waals surface area contributed by atoms with Crippen LogP contribution in [-0.4, -0.2) is 20.0 Å². The van der Waals surface area contributed by atoms with Gasteiger partial charge < -0.3 is 8.83 Å². The second-order valence-electron chi connectivity index (χ2n) is 9.94. The molecule has 0 fully saturated rings. The van der Waals surface area contributed by atoms with Crippen molar-refractivity contribution in [2.45, 2.75) is 58.8 Å². The maximum atomic E-state index is 6.25. The van der Waals surface area contributed by atoms with Crippen LogP contribution in [0.15, 0.2) is 81.6 Å². The number of aromatic nitrogens is 4. The maximum absolute atomic E-state index is 6.25. The Labute approximate surface area is 222 Å². The minimum absolute atomic E-state index is 0.616. The molecule has 0 saturated carbocycles. The lowest BCUT2D eigenvalue weighted by atomic mass is 10.1. The van der Waals surface area contributed by atoms with Crippen molar-refractivity contribution in [1.82, 2.24) is 20.0 Å². The molecular weight excluding hydrogens is 472 g/mol. The van der Waals surface area contributed by atoms with Crippen LogP contribution >= 0.6 is 0 Å². The molecule has 6 rings (SSSR count). The number of nitrogens with zero attached hydrogens (tertiary/aromatic N) is 4. The monoisotopic (exact) mass is 504 g/mol. The van der Waals surface area contributed by atoms with E-state index in [-0.39, 0.29) is 0 Å². The molecule has 0 amide bonds. The molecule has 6 heteroatoms. The highest BCUT2D eigenvalue weighted by molar-refractivity contribution is 5.84. The SMILES string of the molecule is CCCCCCCCc1nn(-c2ccc3cc(-c4ccc(-c5nc6ccccc6o5)cc4)oc3c2)nc1C. The van der Waals surface area contributed by atoms with Gasteiger partial charge in [-0.3, -0.25) is 0 Å². The van der Waals surface area contributed by atoms with Crippen LogP contribution in [0, 0.1) is 6.92 Å². The zero-order valence-corrected chi connectivity index (χ0v) is 22.0. The Morgan fingerprint density at radius 3 is 2.37 bits per heavy atom. The molecule has 0 aliphatic heterocycles. The molecule has 6 aromatic rings. The lowest BCUT2D eigenvalue weighted by Crippen LogP contribution is -1.99. The van der Waals surface area contributed by atoms with E-state index < -0.39 is 0 Å². The Morgan fingerprint density at radius 1 is 0.737 bits per heavy atom. The van der Waals surface area contributed by atoms with E-state index in [9.17, 15) is 0 Å². The van der Waals surface area contributed by atoms with Gasteiger partial charge in [-0.1, -0.05) is 63.3 Å². The Bertz CT molecular complexity index is 1640. The average molecular weight is 505 g/mol. The third-order valence-electron chi connectivity index (χ3n) is 7.09. The first-order chi connectivity index (χ1) is 18.7. The van der Waals surface area contributed by atoms with Crippen molar-refractivity contribution >= 4 is 22.1 Å². The molecule has 0 bridgehead atoms. The minimum Gasteiger partial charge on any atom is -0.456 e. The summed E-state index contributed by atoms with van der Waals surface area (Å²) in [6.45, 7) is 4.30. The normalized spacial score (nSPS) is 11.6. The van der Waals surface area contributed by atoms with Crippen LogP contribution in [-0.2, 0) is 6.42 Å². The van der Waals surface area contributed by atoms with Gasteiger partial charge in [-0.2, -0.15) is 15.0 Å². The molecule has 0 spiro atoms. The maximum Gasteiger partial charge on any atom is 0.227 e. The van der Waals surface area contributed by atoms with Crippen molar-refractivity contribution in [2.75, 3.05) is 0 Å². The Balaban J connectivity index is 1.18. The van der Waals surface area contributed by atoms with Gasteiger partial charge in [0.25, 0.3) is 0 Å². The van der Waals surface area contributed by atoms with E-state index >= 15 is 0 Å². The van der Waals surface area contributed by atoms with Crippen LogP contribution in [0.4, 0.5) is 0 Å². The van der Waals surface area contributed by atoms with E-state index in [0.29, 0.717) is 5.89 Å². The molecule has 0 N–H and O–H groups in total. The van der Waals surface area contributed by atoms with Crippen molar-refractivity contribution in [2.24, 2.45) is 0 Å². The van der Waals surface area contributed by atoms with Gasteiger partial charge in [-0.15, -0.1) is 0 Å². The smallest absolute Gasteiger partial charge is 0.227 e. The van der Waals surface area contributed by atoms with E-state index in [1.807, 2.05) is 67.6 Å². The average Bonchev–Trinajstić information content (AvgIpc) is 3.67. The number of fused-ring (bicyclic) bond motifs is 2. The summed E-state index contributed by atoms with van der Waals surface area (Å²) in [6.07, 6.45) is 8.64. The van der Waals surface area contributed by atoms with Gasteiger partial charge in [-0.25, -0.2) is 4.98 Å². The number of para-hydroxylation sites is 2. The van der Waals surface area contributed by atoms with Crippen LogP contribution < -0.4 is 0 Å². The first-order valence-corrected chi connectivity index (χ1v) is 13.6. The van der Waals surface area contributed by atoms with E-state index in [0.717, 1.165) is 68.9 Å². The molecule has 3 heterocycles. The van der Waals surface area contributed by atoms with Gasteiger partial charge in [0.2, 0.25) is 5.89 Å². The lowest BCUT2D eigenvalue weighted by Gasteiger charge is -2.00. The van der Waals surface area contributed by atoms with Crippen LogP contribution in [0.2, 0.25) is 0 Å². The molecule has 6 nitrogen and oxygen atoms in total. The summed E-state index contributed by atoms with van der Waals surface area (Å²) in [5.41, 5.74) is 7.37. The third kappa shape index (κ3) is 4.99. The predicted molar refractivity (Wildman–Crippen MR) is 151 cm³/mol. The number of benzene rings is 3. The summed E-state index contributed by atoms with van der Waals surface area (Å²) in [5.74, 6) is 1.43. The highest BCUT2D eigenvalue weighted by Crippen LogP contribution is 2.31. The minimum atomic E-state index is 0.616. The van der Waals surface area contributed by atoms with Crippen molar-refractivity contribution < 1.29 is 8.83 Å². The van der Waals surface area contributed by atoms with E-state index in [1.165, 1.54) is 32.1 Å². The number of furan rings is 1. The summed E-state index contributed by atoms with van der Waals surface area (Å²) in [4.78, 5) is 6.33. The molecule has 3 aromatic carbocycles. The fraction of sp³-hybridized carbons (Fsp3) is 0.281. The van der Waals surface area contributed by atoms with Crippen LogP contribution in [0.1, 0.15) is 56.8 Å². The molecule has 0 radical (unpaired) electrons. The molecule has 3 aromatic heterocycles. The molecule has 0 atom stereocenters. The number of aryl methyl sites for hydroxylation is 2. The number of hydrogen-bond acceptors (Lipinski definition) is 5. The Morgan fingerprint density at radius 2 is 1.53 bits per heavy atom. The zero-order valence-electron chi connectivity index (χ0n) is 22.0. The topological polar surface area (TPSA) is 69.9 Å². The van der Waals surface area contributed by atoms with E-state index in [4.69, 9.17) is 13.9 Å². The molecule has 0 saturated heterocycles. The van der Waals surface area contributed by atoms with Gasteiger partial charge in [-0.05, 0) is 62.2 Å². The number of oxazole rings is 1. The fourth-order valence-corrected chi connectivity index (χ4v) is 4.89.